The Hall–Kier alpha value is -1.55. The van der Waals surface area contributed by atoms with Crippen molar-refractivity contribution in [2.24, 2.45) is 0 Å². The highest BCUT2D eigenvalue weighted by molar-refractivity contribution is 5.77. The van der Waals surface area contributed by atoms with Crippen molar-refractivity contribution >= 4 is 5.91 Å². The minimum absolute atomic E-state index is 0.00623. The van der Waals surface area contributed by atoms with Crippen molar-refractivity contribution in [3.05, 3.63) is 29.3 Å². The smallest absolute Gasteiger partial charge is 0.260 e. The third-order valence-corrected chi connectivity index (χ3v) is 3.88. The number of amides is 1. The maximum Gasteiger partial charge on any atom is 0.260 e. The van der Waals surface area contributed by atoms with Crippen LogP contribution in [0.5, 0.6) is 5.75 Å². The summed E-state index contributed by atoms with van der Waals surface area (Å²) in [6.07, 6.45) is 2.43. The zero-order valence-corrected chi connectivity index (χ0v) is 12.3. The fourth-order valence-corrected chi connectivity index (χ4v) is 2.65. The molecule has 0 spiro atoms. The van der Waals surface area contributed by atoms with E-state index in [1.807, 2.05) is 32.0 Å². The molecule has 0 radical (unpaired) electrons. The van der Waals surface area contributed by atoms with Crippen LogP contribution in [0.4, 0.5) is 0 Å². The van der Waals surface area contributed by atoms with Gasteiger partial charge < -0.3 is 14.7 Å². The van der Waals surface area contributed by atoms with E-state index in [9.17, 15) is 9.90 Å². The molecule has 2 rings (SSSR count). The van der Waals surface area contributed by atoms with Crippen LogP contribution in [0, 0.1) is 0 Å². The van der Waals surface area contributed by atoms with E-state index in [1.165, 1.54) is 5.56 Å². The highest BCUT2D eigenvalue weighted by atomic mass is 16.5. The third-order valence-electron chi connectivity index (χ3n) is 3.88. The molecule has 20 heavy (non-hydrogen) atoms. The first-order valence-electron chi connectivity index (χ1n) is 7.37. The molecule has 1 atom stereocenters. The molecule has 0 saturated carbocycles. The van der Waals surface area contributed by atoms with Crippen LogP contribution >= 0.6 is 0 Å². The lowest BCUT2D eigenvalue weighted by Crippen LogP contribution is -2.34. The van der Waals surface area contributed by atoms with Gasteiger partial charge in [0.2, 0.25) is 0 Å². The van der Waals surface area contributed by atoms with Crippen LogP contribution in [0.15, 0.2) is 18.2 Å². The molecular formula is C16H23NO3. The molecule has 1 N–H and O–H groups in total. The van der Waals surface area contributed by atoms with E-state index in [0.29, 0.717) is 18.8 Å². The molecule has 1 aliphatic rings. The monoisotopic (exact) mass is 277 g/mol. The van der Waals surface area contributed by atoms with Gasteiger partial charge in [-0.15, -0.1) is 0 Å². The summed E-state index contributed by atoms with van der Waals surface area (Å²) in [5.41, 5.74) is 2.13. The van der Waals surface area contributed by atoms with Crippen molar-refractivity contribution in [2.45, 2.75) is 39.2 Å². The molecule has 0 bridgehead atoms. The molecule has 110 valence electrons. The maximum absolute atomic E-state index is 11.9. The quantitative estimate of drug-likeness (QED) is 0.898. The van der Waals surface area contributed by atoms with E-state index in [2.05, 4.69) is 0 Å². The number of hydrogen-bond acceptors (Lipinski definition) is 3. The number of ether oxygens (including phenoxy) is 1. The number of aliphatic hydroxyl groups is 1. The minimum atomic E-state index is -0.402. The van der Waals surface area contributed by atoms with Crippen molar-refractivity contribution in [1.29, 1.82) is 0 Å². The van der Waals surface area contributed by atoms with Crippen molar-refractivity contribution in [3.63, 3.8) is 0 Å². The number of aliphatic hydroxyl groups excluding tert-OH is 1. The van der Waals surface area contributed by atoms with Gasteiger partial charge >= 0.3 is 0 Å². The Morgan fingerprint density at radius 3 is 2.85 bits per heavy atom. The number of fused-ring (bicyclic) bond motifs is 1. The second-order valence-corrected chi connectivity index (χ2v) is 5.12. The molecule has 4 heteroatoms. The number of carbonyl (C=O) groups excluding carboxylic acids is 1. The highest BCUT2D eigenvalue weighted by Crippen LogP contribution is 2.32. The van der Waals surface area contributed by atoms with E-state index < -0.39 is 6.10 Å². The second-order valence-electron chi connectivity index (χ2n) is 5.12. The van der Waals surface area contributed by atoms with Crippen LogP contribution in [0.25, 0.3) is 0 Å². The van der Waals surface area contributed by atoms with Gasteiger partial charge in [-0.3, -0.25) is 4.79 Å². The lowest BCUT2D eigenvalue weighted by atomic mass is 9.89. The first-order chi connectivity index (χ1) is 9.65. The van der Waals surface area contributed by atoms with E-state index >= 15 is 0 Å². The van der Waals surface area contributed by atoms with Crippen LogP contribution in [-0.4, -0.2) is 35.6 Å². The topological polar surface area (TPSA) is 49.8 Å². The summed E-state index contributed by atoms with van der Waals surface area (Å²) < 4.78 is 5.56. The van der Waals surface area contributed by atoms with Crippen LogP contribution in [0.1, 0.15) is 43.9 Å². The summed E-state index contributed by atoms with van der Waals surface area (Å²) in [6, 6.07) is 5.75. The van der Waals surface area contributed by atoms with Gasteiger partial charge in [-0.25, -0.2) is 0 Å². The first kappa shape index (κ1) is 14.9. The molecule has 4 nitrogen and oxygen atoms in total. The molecule has 1 unspecified atom stereocenters. The van der Waals surface area contributed by atoms with Gasteiger partial charge in [-0.2, -0.15) is 0 Å². The number of likely N-dealkylation sites (N-methyl/N-ethyl adjacent to an activating group) is 1. The molecule has 0 fully saturated rings. The predicted octanol–water partition coefficient (Wildman–Crippen LogP) is 2.30. The number of nitrogens with zero attached hydrogens (tertiary/aromatic N) is 1. The van der Waals surface area contributed by atoms with Gasteiger partial charge in [0.05, 0.1) is 6.10 Å². The van der Waals surface area contributed by atoms with E-state index in [-0.39, 0.29) is 12.5 Å². The van der Waals surface area contributed by atoms with Gasteiger partial charge in [-0.1, -0.05) is 6.07 Å². The summed E-state index contributed by atoms with van der Waals surface area (Å²) >= 11 is 0. The number of benzene rings is 1. The highest BCUT2D eigenvalue weighted by Gasteiger charge is 2.18. The average molecular weight is 277 g/mol. The van der Waals surface area contributed by atoms with Gasteiger partial charge in [-0.05, 0) is 56.4 Å². The summed E-state index contributed by atoms with van der Waals surface area (Å²) in [4.78, 5) is 13.6. The van der Waals surface area contributed by atoms with Gasteiger partial charge in [0.25, 0.3) is 5.91 Å². The van der Waals surface area contributed by atoms with Crippen molar-refractivity contribution in [2.75, 3.05) is 19.7 Å². The molecule has 0 aromatic heterocycles. The molecule has 1 aromatic rings. The molecular weight excluding hydrogens is 254 g/mol. The van der Waals surface area contributed by atoms with Crippen molar-refractivity contribution < 1.29 is 14.6 Å². The van der Waals surface area contributed by atoms with Crippen molar-refractivity contribution in [3.8, 4) is 5.75 Å². The van der Waals surface area contributed by atoms with Gasteiger partial charge in [0.15, 0.2) is 6.61 Å². The Morgan fingerprint density at radius 1 is 1.40 bits per heavy atom. The molecule has 0 aliphatic heterocycles. The number of rotatable bonds is 5. The van der Waals surface area contributed by atoms with Gasteiger partial charge in [0, 0.05) is 13.1 Å². The van der Waals surface area contributed by atoms with Gasteiger partial charge in [0.1, 0.15) is 5.75 Å². The third kappa shape index (κ3) is 3.31. The zero-order chi connectivity index (χ0) is 14.5. The molecule has 1 aromatic carbocycles. The Morgan fingerprint density at radius 2 is 2.15 bits per heavy atom. The Kier molecular flexibility index (Phi) is 5.01. The fraction of sp³-hybridized carbons (Fsp3) is 0.562. The minimum Gasteiger partial charge on any atom is -0.484 e. The number of hydrogen-bond donors (Lipinski definition) is 1. The summed E-state index contributed by atoms with van der Waals surface area (Å²) in [7, 11) is 0. The normalized spacial score (nSPS) is 17.4. The summed E-state index contributed by atoms with van der Waals surface area (Å²) in [5.74, 6) is 0.651. The Labute approximate surface area is 120 Å². The fourth-order valence-electron chi connectivity index (χ4n) is 2.65. The number of aryl methyl sites for hydroxylation is 1. The van der Waals surface area contributed by atoms with Crippen LogP contribution in [-0.2, 0) is 11.2 Å². The predicted molar refractivity (Wildman–Crippen MR) is 77.8 cm³/mol. The molecule has 1 amide bonds. The summed E-state index contributed by atoms with van der Waals surface area (Å²) in [6.45, 7) is 5.35. The SMILES string of the molecule is CCN(CC)C(=O)COc1ccc2c(c1)C(O)CCC2. The number of carbonyl (C=O) groups is 1. The van der Waals surface area contributed by atoms with Crippen molar-refractivity contribution in [1.82, 2.24) is 4.90 Å². The maximum atomic E-state index is 11.9. The zero-order valence-electron chi connectivity index (χ0n) is 12.3. The van der Waals surface area contributed by atoms with Crippen LogP contribution in [0.3, 0.4) is 0 Å². The summed E-state index contributed by atoms with van der Waals surface area (Å²) in [5, 5.41) is 10.00. The molecule has 1 aliphatic carbocycles. The lowest BCUT2D eigenvalue weighted by molar-refractivity contribution is -0.132. The molecule has 0 saturated heterocycles. The van der Waals surface area contributed by atoms with Crippen LogP contribution < -0.4 is 4.74 Å². The first-order valence-corrected chi connectivity index (χ1v) is 7.37. The second kappa shape index (κ2) is 6.75. The lowest BCUT2D eigenvalue weighted by Gasteiger charge is -2.22. The average Bonchev–Trinajstić information content (AvgIpc) is 2.47. The standard InChI is InChI=1S/C16H23NO3/c1-3-17(4-2)16(19)11-20-13-9-8-12-6-5-7-15(18)14(12)10-13/h8-10,15,18H,3-7,11H2,1-2H3. The van der Waals surface area contributed by atoms with E-state index in [4.69, 9.17) is 4.74 Å². The van der Waals surface area contributed by atoms with E-state index in [0.717, 1.165) is 24.8 Å². The van der Waals surface area contributed by atoms with E-state index in [1.54, 1.807) is 4.90 Å². The largest absolute Gasteiger partial charge is 0.484 e. The van der Waals surface area contributed by atoms with Crippen LogP contribution in [0.2, 0.25) is 0 Å². The Balaban J connectivity index is 2.00. The molecule has 0 heterocycles. The Bertz CT molecular complexity index is 469.